The van der Waals surface area contributed by atoms with Crippen LogP contribution in [0.5, 0.6) is 0 Å². The van der Waals surface area contributed by atoms with E-state index >= 15 is 0 Å². The number of nitrogens with one attached hydrogen (secondary N) is 1. The van der Waals surface area contributed by atoms with Crippen molar-refractivity contribution in [3.8, 4) is 0 Å². The number of amides is 1. The van der Waals surface area contributed by atoms with E-state index in [1.165, 1.54) is 28.7 Å². The minimum atomic E-state index is -3.06. The molecule has 0 unspecified atom stereocenters. The summed E-state index contributed by atoms with van der Waals surface area (Å²) in [4.78, 5) is 26.1. The van der Waals surface area contributed by atoms with Gasteiger partial charge in [-0.3, -0.25) is 4.79 Å². The smallest absolute Gasteiger partial charge is 0.349 e. The van der Waals surface area contributed by atoms with Crippen molar-refractivity contribution < 1.29 is 22.7 Å². The minimum absolute atomic E-state index is 0.0446. The second kappa shape index (κ2) is 6.84. The van der Waals surface area contributed by atoms with Crippen LogP contribution in [-0.4, -0.2) is 43.9 Å². The third kappa shape index (κ3) is 3.97. The molecule has 1 aromatic heterocycles. The van der Waals surface area contributed by atoms with Gasteiger partial charge in [0.05, 0.1) is 11.5 Å². The Bertz CT molecular complexity index is 729. The Kier molecular flexibility index (Phi) is 4.96. The van der Waals surface area contributed by atoms with Gasteiger partial charge in [-0.2, -0.15) is 0 Å². The molecule has 0 aromatic carbocycles. The number of thiophene rings is 1. The van der Waals surface area contributed by atoms with Crippen molar-refractivity contribution >= 4 is 33.1 Å². The van der Waals surface area contributed by atoms with Crippen molar-refractivity contribution in [2.45, 2.75) is 51.2 Å². The number of esters is 1. The fraction of sp³-hybridized carbons (Fsp3) is 0.625. The van der Waals surface area contributed by atoms with Crippen molar-refractivity contribution in [2.75, 3.05) is 11.5 Å². The van der Waals surface area contributed by atoms with Gasteiger partial charge >= 0.3 is 5.97 Å². The van der Waals surface area contributed by atoms with Gasteiger partial charge in [0.15, 0.2) is 15.9 Å². The lowest BCUT2D eigenvalue weighted by Gasteiger charge is -2.16. The SMILES string of the molecule is C[C@H](OC(=O)c1cc2c(s1)CCCC2)C(=O)N[C@H]1CCS(=O)(=O)C1. The van der Waals surface area contributed by atoms with Gasteiger partial charge in [-0.25, -0.2) is 13.2 Å². The van der Waals surface area contributed by atoms with Crippen molar-refractivity contribution in [1.82, 2.24) is 5.32 Å². The van der Waals surface area contributed by atoms with Gasteiger partial charge in [0.2, 0.25) is 0 Å². The van der Waals surface area contributed by atoms with Crippen molar-refractivity contribution in [1.29, 1.82) is 0 Å². The molecule has 0 saturated carbocycles. The fourth-order valence-electron chi connectivity index (χ4n) is 3.09. The number of ether oxygens (including phenoxy) is 1. The first-order valence-electron chi connectivity index (χ1n) is 8.17. The Hall–Kier alpha value is -1.41. The lowest BCUT2D eigenvalue weighted by molar-refractivity contribution is -0.129. The summed E-state index contributed by atoms with van der Waals surface area (Å²) in [5.41, 5.74) is 1.21. The van der Waals surface area contributed by atoms with Crippen LogP contribution in [0.4, 0.5) is 0 Å². The summed E-state index contributed by atoms with van der Waals surface area (Å²) in [6.07, 6.45) is 3.74. The van der Waals surface area contributed by atoms with Gasteiger partial charge in [0, 0.05) is 10.9 Å². The van der Waals surface area contributed by atoms with E-state index in [0.29, 0.717) is 11.3 Å². The second-order valence-electron chi connectivity index (χ2n) is 6.42. The Morgan fingerprint density at radius 3 is 2.75 bits per heavy atom. The predicted octanol–water partition coefficient (Wildman–Crippen LogP) is 1.48. The van der Waals surface area contributed by atoms with Gasteiger partial charge in [0.1, 0.15) is 4.88 Å². The highest BCUT2D eigenvalue weighted by Gasteiger charge is 2.31. The molecular formula is C16H21NO5S2. The molecule has 1 aliphatic carbocycles. The largest absolute Gasteiger partial charge is 0.448 e. The summed E-state index contributed by atoms with van der Waals surface area (Å²) in [6.45, 7) is 1.50. The van der Waals surface area contributed by atoms with Crippen LogP contribution < -0.4 is 5.32 Å². The summed E-state index contributed by atoms with van der Waals surface area (Å²) in [5.74, 6) is -0.896. The average Bonchev–Trinajstić information content (AvgIpc) is 3.10. The van der Waals surface area contributed by atoms with E-state index < -0.39 is 33.9 Å². The second-order valence-corrected chi connectivity index (χ2v) is 9.79. The highest BCUT2D eigenvalue weighted by Crippen LogP contribution is 2.30. The van der Waals surface area contributed by atoms with E-state index in [9.17, 15) is 18.0 Å². The number of fused-ring (bicyclic) bond motifs is 1. The molecular weight excluding hydrogens is 350 g/mol. The molecule has 8 heteroatoms. The normalized spacial score (nSPS) is 23.3. The van der Waals surface area contributed by atoms with Crippen LogP contribution in [-0.2, 0) is 32.2 Å². The number of hydrogen-bond acceptors (Lipinski definition) is 6. The average molecular weight is 371 g/mol. The van der Waals surface area contributed by atoms with Gasteiger partial charge in [-0.1, -0.05) is 0 Å². The fourth-order valence-corrected chi connectivity index (χ4v) is 5.90. The lowest BCUT2D eigenvalue weighted by Crippen LogP contribution is -2.42. The molecule has 3 rings (SSSR count). The zero-order valence-corrected chi connectivity index (χ0v) is 15.2. The van der Waals surface area contributed by atoms with Crippen LogP contribution in [0.25, 0.3) is 0 Å². The zero-order valence-electron chi connectivity index (χ0n) is 13.5. The maximum absolute atomic E-state index is 12.2. The van der Waals surface area contributed by atoms with E-state index in [4.69, 9.17) is 4.74 Å². The number of hydrogen-bond donors (Lipinski definition) is 1. The van der Waals surface area contributed by atoms with Crippen LogP contribution in [0.3, 0.4) is 0 Å². The molecule has 1 aromatic rings. The lowest BCUT2D eigenvalue weighted by atomic mass is 9.99. The number of aryl methyl sites for hydroxylation is 2. The molecule has 24 heavy (non-hydrogen) atoms. The molecule has 1 fully saturated rings. The molecule has 2 heterocycles. The third-order valence-corrected chi connectivity index (χ3v) is 7.41. The minimum Gasteiger partial charge on any atom is -0.448 e. The molecule has 2 aliphatic rings. The maximum Gasteiger partial charge on any atom is 0.349 e. The Labute approximate surface area is 145 Å². The van der Waals surface area contributed by atoms with Crippen LogP contribution in [0.15, 0.2) is 6.07 Å². The first-order chi connectivity index (χ1) is 11.3. The number of carbonyl (C=O) groups is 2. The van der Waals surface area contributed by atoms with Crippen LogP contribution in [0.1, 0.15) is 46.3 Å². The van der Waals surface area contributed by atoms with Gasteiger partial charge in [0.25, 0.3) is 5.91 Å². The summed E-state index contributed by atoms with van der Waals surface area (Å²) >= 11 is 1.44. The molecule has 6 nitrogen and oxygen atoms in total. The first kappa shape index (κ1) is 17.4. The number of carbonyl (C=O) groups excluding carboxylic acids is 2. The molecule has 0 radical (unpaired) electrons. The molecule has 1 saturated heterocycles. The molecule has 0 spiro atoms. The number of rotatable bonds is 4. The number of sulfone groups is 1. The van der Waals surface area contributed by atoms with Gasteiger partial charge in [-0.05, 0) is 50.7 Å². The summed E-state index contributed by atoms with van der Waals surface area (Å²) in [5, 5.41) is 2.65. The van der Waals surface area contributed by atoms with Crippen LogP contribution >= 0.6 is 11.3 Å². The topological polar surface area (TPSA) is 89.5 Å². The summed E-state index contributed by atoms with van der Waals surface area (Å²) in [6, 6.07) is 1.48. The van der Waals surface area contributed by atoms with Crippen LogP contribution in [0.2, 0.25) is 0 Å². The highest BCUT2D eigenvalue weighted by molar-refractivity contribution is 7.91. The summed E-state index contributed by atoms with van der Waals surface area (Å²) < 4.78 is 28.1. The maximum atomic E-state index is 12.2. The molecule has 2 atom stereocenters. The molecule has 1 amide bonds. The predicted molar refractivity (Wildman–Crippen MR) is 91.0 cm³/mol. The van der Waals surface area contributed by atoms with Gasteiger partial charge in [-0.15, -0.1) is 11.3 Å². The van der Waals surface area contributed by atoms with Crippen molar-refractivity contribution in [2.24, 2.45) is 0 Å². The van der Waals surface area contributed by atoms with Gasteiger partial charge < -0.3 is 10.1 Å². The van der Waals surface area contributed by atoms with E-state index in [2.05, 4.69) is 5.32 Å². The Balaban J connectivity index is 1.55. The summed E-state index contributed by atoms with van der Waals surface area (Å²) in [7, 11) is -3.06. The van der Waals surface area contributed by atoms with Crippen molar-refractivity contribution in [3.63, 3.8) is 0 Å². The van der Waals surface area contributed by atoms with E-state index in [0.717, 1.165) is 25.7 Å². The molecule has 1 aliphatic heterocycles. The standard InChI is InChI=1S/C16H21NO5S2/c1-10(15(18)17-12-6-7-24(20,21)9-12)22-16(19)14-8-11-4-2-3-5-13(11)23-14/h8,10,12H,2-7,9H2,1H3,(H,17,18)/t10-,12-/m0/s1. The molecule has 1 N–H and O–H groups in total. The monoisotopic (exact) mass is 371 g/mol. The first-order valence-corrected chi connectivity index (χ1v) is 10.8. The zero-order chi connectivity index (χ0) is 17.3. The van der Waals surface area contributed by atoms with E-state index in [-0.39, 0.29) is 11.5 Å². The van der Waals surface area contributed by atoms with E-state index in [1.807, 2.05) is 6.07 Å². The molecule has 0 bridgehead atoms. The Morgan fingerprint density at radius 2 is 2.08 bits per heavy atom. The van der Waals surface area contributed by atoms with Crippen LogP contribution in [0, 0.1) is 0 Å². The van der Waals surface area contributed by atoms with Crippen molar-refractivity contribution in [3.05, 3.63) is 21.4 Å². The molecule has 132 valence electrons. The highest BCUT2D eigenvalue weighted by atomic mass is 32.2. The third-order valence-electron chi connectivity index (χ3n) is 4.43. The quantitative estimate of drug-likeness (QED) is 0.810. The Morgan fingerprint density at radius 1 is 1.33 bits per heavy atom. The van der Waals surface area contributed by atoms with E-state index in [1.54, 1.807) is 0 Å².